The monoisotopic (exact) mass is 435 g/mol. The fourth-order valence-corrected chi connectivity index (χ4v) is 3.70. The SMILES string of the molecule is O=C(NCCc1ccccc1)NCC1COCCN(Cc2ccc(Cl)c(Cl)c2)C1. The Hall–Kier alpha value is -1.79. The zero-order valence-electron chi connectivity index (χ0n) is 16.4. The number of nitrogens with one attached hydrogen (secondary N) is 2. The van der Waals surface area contributed by atoms with Crippen LogP contribution in [0.25, 0.3) is 0 Å². The molecule has 2 amide bonds. The summed E-state index contributed by atoms with van der Waals surface area (Å²) >= 11 is 12.1. The maximum absolute atomic E-state index is 12.1. The molecule has 2 N–H and O–H groups in total. The number of hydrogen-bond donors (Lipinski definition) is 2. The number of urea groups is 1. The Morgan fingerprint density at radius 3 is 2.69 bits per heavy atom. The molecular formula is C22H27Cl2N3O2. The lowest BCUT2D eigenvalue weighted by molar-refractivity contribution is 0.121. The van der Waals surface area contributed by atoms with E-state index in [1.165, 1.54) is 5.56 Å². The predicted octanol–water partition coefficient (Wildman–Crippen LogP) is 3.98. The summed E-state index contributed by atoms with van der Waals surface area (Å²) in [5, 5.41) is 7.02. The van der Waals surface area contributed by atoms with Gasteiger partial charge < -0.3 is 15.4 Å². The van der Waals surface area contributed by atoms with Crippen molar-refractivity contribution in [1.82, 2.24) is 15.5 Å². The lowest BCUT2D eigenvalue weighted by Crippen LogP contribution is -2.42. The van der Waals surface area contributed by atoms with Gasteiger partial charge in [0, 0.05) is 38.6 Å². The Kier molecular flexibility index (Phi) is 8.62. The molecule has 2 aromatic rings. The van der Waals surface area contributed by atoms with Crippen LogP contribution < -0.4 is 10.6 Å². The molecule has 0 aromatic heterocycles. The third-order valence-electron chi connectivity index (χ3n) is 4.91. The average molecular weight is 436 g/mol. The van der Waals surface area contributed by atoms with Crippen LogP contribution in [0.15, 0.2) is 48.5 Å². The van der Waals surface area contributed by atoms with Gasteiger partial charge in [-0.05, 0) is 29.7 Å². The average Bonchev–Trinajstić information content (AvgIpc) is 2.95. The third kappa shape index (κ3) is 7.52. The van der Waals surface area contributed by atoms with Crippen molar-refractivity contribution < 1.29 is 9.53 Å². The lowest BCUT2D eigenvalue weighted by Gasteiger charge is -2.23. The highest BCUT2D eigenvalue weighted by atomic mass is 35.5. The molecular weight excluding hydrogens is 409 g/mol. The molecule has 1 atom stereocenters. The van der Waals surface area contributed by atoms with Gasteiger partial charge in [-0.25, -0.2) is 4.79 Å². The van der Waals surface area contributed by atoms with Gasteiger partial charge in [0.25, 0.3) is 0 Å². The summed E-state index contributed by atoms with van der Waals surface area (Å²) in [5.74, 6) is 0.236. The molecule has 156 valence electrons. The van der Waals surface area contributed by atoms with Crippen LogP contribution in [0.1, 0.15) is 11.1 Å². The van der Waals surface area contributed by atoms with E-state index in [9.17, 15) is 4.79 Å². The molecule has 1 saturated heterocycles. The third-order valence-corrected chi connectivity index (χ3v) is 5.64. The Morgan fingerprint density at radius 1 is 1.07 bits per heavy atom. The molecule has 1 unspecified atom stereocenters. The first-order valence-corrected chi connectivity index (χ1v) is 10.7. The smallest absolute Gasteiger partial charge is 0.314 e. The van der Waals surface area contributed by atoms with E-state index >= 15 is 0 Å². The number of halogens is 2. The maximum Gasteiger partial charge on any atom is 0.314 e. The van der Waals surface area contributed by atoms with Crippen LogP contribution in [0.4, 0.5) is 4.79 Å². The number of carbonyl (C=O) groups excluding carboxylic acids is 1. The van der Waals surface area contributed by atoms with Crippen LogP contribution in [0, 0.1) is 5.92 Å². The van der Waals surface area contributed by atoms with Gasteiger partial charge in [-0.3, -0.25) is 4.90 Å². The molecule has 7 heteroatoms. The van der Waals surface area contributed by atoms with Gasteiger partial charge in [0.05, 0.1) is 23.3 Å². The Balaban J connectivity index is 1.41. The summed E-state index contributed by atoms with van der Waals surface area (Å²) in [6.45, 7) is 4.99. The summed E-state index contributed by atoms with van der Waals surface area (Å²) < 4.78 is 5.73. The van der Waals surface area contributed by atoms with Gasteiger partial charge in [-0.2, -0.15) is 0 Å². The Bertz CT molecular complexity index is 789. The number of ether oxygens (including phenoxy) is 1. The second-order valence-corrected chi connectivity index (χ2v) is 8.11. The van der Waals surface area contributed by atoms with Crippen molar-refractivity contribution in [3.63, 3.8) is 0 Å². The molecule has 0 aliphatic carbocycles. The molecule has 5 nitrogen and oxygen atoms in total. The molecule has 29 heavy (non-hydrogen) atoms. The van der Waals surface area contributed by atoms with Crippen LogP contribution in [0.3, 0.4) is 0 Å². The van der Waals surface area contributed by atoms with E-state index in [0.29, 0.717) is 36.3 Å². The largest absolute Gasteiger partial charge is 0.380 e. The van der Waals surface area contributed by atoms with Crippen LogP contribution in [-0.2, 0) is 17.7 Å². The molecule has 3 rings (SSSR count). The van der Waals surface area contributed by atoms with Crippen LogP contribution in [0.2, 0.25) is 10.0 Å². The van der Waals surface area contributed by atoms with Gasteiger partial charge in [0.2, 0.25) is 0 Å². The van der Waals surface area contributed by atoms with E-state index in [4.69, 9.17) is 27.9 Å². The maximum atomic E-state index is 12.1. The van der Waals surface area contributed by atoms with E-state index in [1.54, 1.807) is 0 Å². The highest BCUT2D eigenvalue weighted by Gasteiger charge is 2.19. The normalized spacial score (nSPS) is 17.5. The van der Waals surface area contributed by atoms with Gasteiger partial charge in [-0.15, -0.1) is 0 Å². The fourth-order valence-electron chi connectivity index (χ4n) is 3.38. The lowest BCUT2D eigenvalue weighted by atomic mass is 10.1. The highest BCUT2D eigenvalue weighted by Crippen LogP contribution is 2.23. The number of hydrogen-bond acceptors (Lipinski definition) is 3. The van der Waals surface area contributed by atoms with Gasteiger partial charge in [0.1, 0.15) is 0 Å². The number of amides is 2. The van der Waals surface area contributed by atoms with E-state index in [2.05, 4.69) is 27.7 Å². The van der Waals surface area contributed by atoms with Crippen molar-refractivity contribution in [3.05, 3.63) is 69.7 Å². The van der Waals surface area contributed by atoms with Crippen molar-refractivity contribution in [3.8, 4) is 0 Å². The van der Waals surface area contributed by atoms with E-state index < -0.39 is 0 Å². The van der Waals surface area contributed by atoms with Crippen molar-refractivity contribution in [2.45, 2.75) is 13.0 Å². The van der Waals surface area contributed by atoms with E-state index in [0.717, 1.165) is 31.6 Å². The molecule has 1 heterocycles. The number of rotatable bonds is 7. The standard InChI is InChI=1S/C22H27Cl2N3O2/c23-20-7-6-18(12-21(20)24)14-27-10-11-29-16-19(15-27)13-26-22(28)25-9-8-17-4-2-1-3-5-17/h1-7,12,19H,8-11,13-16H2,(H2,25,26,28). The predicted molar refractivity (Wildman–Crippen MR) is 118 cm³/mol. The Labute approximate surface area is 182 Å². The molecule has 1 aliphatic heterocycles. The summed E-state index contributed by atoms with van der Waals surface area (Å²) in [4.78, 5) is 14.4. The quantitative estimate of drug-likeness (QED) is 0.691. The zero-order chi connectivity index (χ0) is 20.5. The summed E-state index contributed by atoms with van der Waals surface area (Å²) in [6.07, 6.45) is 0.818. The van der Waals surface area contributed by atoms with Crippen molar-refractivity contribution in [2.75, 3.05) is 39.4 Å². The van der Waals surface area contributed by atoms with Crippen LogP contribution in [-0.4, -0.2) is 50.3 Å². The summed E-state index contributed by atoms with van der Waals surface area (Å²) in [5.41, 5.74) is 2.33. The van der Waals surface area contributed by atoms with Crippen molar-refractivity contribution >= 4 is 29.2 Å². The number of carbonyl (C=O) groups is 1. The fraction of sp³-hybridized carbons (Fsp3) is 0.409. The van der Waals surface area contributed by atoms with Crippen LogP contribution >= 0.6 is 23.2 Å². The van der Waals surface area contributed by atoms with Crippen molar-refractivity contribution in [2.24, 2.45) is 5.92 Å². The highest BCUT2D eigenvalue weighted by molar-refractivity contribution is 6.42. The van der Waals surface area contributed by atoms with Crippen LogP contribution in [0.5, 0.6) is 0 Å². The minimum absolute atomic E-state index is 0.138. The van der Waals surface area contributed by atoms with E-state index in [1.807, 2.05) is 36.4 Å². The first kappa shape index (κ1) is 21.9. The van der Waals surface area contributed by atoms with E-state index in [-0.39, 0.29) is 11.9 Å². The van der Waals surface area contributed by atoms with Gasteiger partial charge in [0.15, 0.2) is 0 Å². The molecule has 1 aliphatic rings. The minimum atomic E-state index is -0.138. The second-order valence-electron chi connectivity index (χ2n) is 7.30. The van der Waals surface area contributed by atoms with Gasteiger partial charge in [-0.1, -0.05) is 59.6 Å². The number of nitrogens with zero attached hydrogens (tertiary/aromatic N) is 1. The minimum Gasteiger partial charge on any atom is -0.380 e. The molecule has 0 saturated carbocycles. The first-order valence-electron chi connectivity index (χ1n) is 9.90. The molecule has 0 radical (unpaired) electrons. The van der Waals surface area contributed by atoms with Crippen molar-refractivity contribution in [1.29, 1.82) is 0 Å². The van der Waals surface area contributed by atoms with Gasteiger partial charge >= 0.3 is 6.03 Å². The molecule has 2 aromatic carbocycles. The topological polar surface area (TPSA) is 53.6 Å². The molecule has 0 spiro atoms. The molecule has 0 bridgehead atoms. The first-order chi connectivity index (χ1) is 14.1. The molecule has 1 fully saturated rings. The second kappa shape index (κ2) is 11.4. The zero-order valence-corrected chi connectivity index (χ0v) is 17.9. The Morgan fingerprint density at radius 2 is 1.90 bits per heavy atom. The summed E-state index contributed by atoms with van der Waals surface area (Å²) in [7, 11) is 0. The number of benzene rings is 2. The summed E-state index contributed by atoms with van der Waals surface area (Å²) in [6, 6.07) is 15.7.